The third-order valence-corrected chi connectivity index (χ3v) is 3.81. The van der Waals surface area contributed by atoms with Gasteiger partial charge in [0.25, 0.3) is 0 Å². The van der Waals surface area contributed by atoms with Crippen LogP contribution < -0.4 is 0 Å². The van der Waals surface area contributed by atoms with Gasteiger partial charge in [0, 0.05) is 25.2 Å². The number of hydrogen-bond acceptors (Lipinski definition) is 3. The third-order valence-electron chi connectivity index (χ3n) is 3.81. The molecule has 0 atom stereocenters. The Morgan fingerprint density at radius 1 is 1.28 bits per heavy atom. The molecule has 1 N–H and O–H groups in total. The molecule has 0 spiro atoms. The predicted molar refractivity (Wildman–Crippen MR) is 65.6 cm³/mol. The second kappa shape index (κ2) is 4.61. The van der Waals surface area contributed by atoms with Gasteiger partial charge < -0.3 is 9.84 Å². The Balaban J connectivity index is 1.72. The van der Waals surface area contributed by atoms with E-state index in [-0.39, 0.29) is 5.82 Å². The molecule has 0 radical (unpaired) electrons. The predicted octanol–water partition coefficient (Wildman–Crippen LogP) is 1.64. The molecule has 98 valence electrons. The van der Waals surface area contributed by atoms with Crippen molar-refractivity contribution in [3.63, 3.8) is 0 Å². The molecule has 1 heterocycles. The topological polar surface area (TPSA) is 32.7 Å². The maximum atomic E-state index is 14.0. The Morgan fingerprint density at radius 2 is 2.00 bits per heavy atom. The van der Waals surface area contributed by atoms with E-state index in [0.29, 0.717) is 17.7 Å². The van der Waals surface area contributed by atoms with Crippen molar-refractivity contribution in [2.75, 3.05) is 26.3 Å². The number of halogens is 1. The summed E-state index contributed by atoms with van der Waals surface area (Å²) in [5.41, 5.74) is 0.661. The van der Waals surface area contributed by atoms with Crippen LogP contribution in [0.15, 0.2) is 18.2 Å². The van der Waals surface area contributed by atoms with Crippen LogP contribution in [0.25, 0.3) is 0 Å². The van der Waals surface area contributed by atoms with E-state index in [1.165, 1.54) is 6.07 Å². The van der Waals surface area contributed by atoms with Crippen molar-refractivity contribution in [1.82, 2.24) is 4.90 Å². The van der Waals surface area contributed by atoms with E-state index in [0.717, 1.165) is 39.1 Å². The van der Waals surface area contributed by atoms with Crippen LogP contribution in [0.3, 0.4) is 0 Å². The summed E-state index contributed by atoms with van der Waals surface area (Å²) in [4.78, 5) is 2.19. The van der Waals surface area contributed by atoms with Gasteiger partial charge in [0.2, 0.25) is 0 Å². The lowest BCUT2D eigenvalue weighted by molar-refractivity contribution is 0.0337. The molecule has 0 aromatic heterocycles. The van der Waals surface area contributed by atoms with Gasteiger partial charge in [0.1, 0.15) is 5.82 Å². The normalized spacial score (nSPS) is 23.0. The van der Waals surface area contributed by atoms with Crippen LogP contribution in [0.4, 0.5) is 4.39 Å². The highest BCUT2D eigenvalue weighted by Crippen LogP contribution is 2.45. The lowest BCUT2D eigenvalue weighted by atomic mass is 10.0. The zero-order valence-electron chi connectivity index (χ0n) is 10.4. The maximum Gasteiger partial charge on any atom is 0.128 e. The molecular weight excluding hydrogens is 233 g/mol. The zero-order valence-corrected chi connectivity index (χ0v) is 10.4. The van der Waals surface area contributed by atoms with Crippen LogP contribution in [-0.2, 0) is 16.9 Å². The van der Waals surface area contributed by atoms with Crippen molar-refractivity contribution >= 4 is 0 Å². The van der Waals surface area contributed by atoms with Gasteiger partial charge in [-0.2, -0.15) is 0 Å². The number of benzene rings is 1. The minimum atomic E-state index is -0.752. The van der Waals surface area contributed by atoms with Crippen molar-refractivity contribution in [3.8, 4) is 0 Å². The molecule has 1 saturated heterocycles. The summed E-state index contributed by atoms with van der Waals surface area (Å²) in [5, 5.41) is 9.94. The maximum absolute atomic E-state index is 14.0. The molecule has 0 unspecified atom stereocenters. The highest BCUT2D eigenvalue weighted by molar-refractivity contribution is 5.31. The van der Waals surface area contributed by atoms with Crippen LogP contribution in [0.1, 0.15) is 24.0 Å². The monoisotopic (exact) mass is 251 g/mol. The van der Waals surface area contributed by atoms with Gasteiger partial charge in [0.15, 0.2) is 0 Å². The number of rotatable bonds is 3. The molecule has 0 bridgehead atoms. The second-order valence-corrected chi connectivity index (χ2v) is 5.23. The molecule has 0 amide bonds. The second-order valence-electron chi connectivity index (χ2n) is 5.23. The van der Waals surface area contributed by atoms with Crippen molar-refractivity contribution in [2.45, 2.75) is 25.0 Å². The first-order valence-electron chi connectivity index (χ1n) is 6.49. The Bertz CT molecular complexity index is 439. The minimum Gasteiger partial charge on any atom is -0.385 e. The Kier molecular flexibility index (Phi) is 3.09. The Labute approximate surface area is 106 Å². The average molecular weight is 251 g/mol. The van der Waals surface area contributed by atoms with E-state index in [4.69, 9.17) is 4.74 Å². The van der Waals surface area contributed by atoms with Crippen LogP contribution >= 0.6 is 0 Å². The van der Waals surface area contributed by atoms with Crippen molar-refractivity contribution in [1.29, 1.82) is 0 Å². The summed E-state index contributed by atoms with van der Waals surface area (Å²) < 4.78 is 19.3. The van der Waals surface area contributed by atoms with E-state index in [1.54, 1.807) is 6.07 Å². The summed E-state index contributed by atoms with van der Waals surface area (Å²) >= 11 is 0. The smallest absolute Gasteiger partial charge is 0.128 e. The molecule has 3 nitrogen and oxygen atoms in total. The number of ether oxygens (including phenoxy) is 1. The lowest BCUT2D eigenvalue weighted by Crippen LogP contribution is -2.35. The molecule has 1 saturated carbocycles. The largest absolute Gasteiger partial charge is 0.385 e. The average Bonchev–Trinajstić information content (AvgIpc) is 3.12. The first-order valence-corrected chi connectivity index (χ1v) is 6.49. The number of morpholine rings is 1. The van der Waals surface area contributed by atoms with E-state index in [2.05, 4.69) is 4.90 Å². The summed E-state index contributed by atoms with van der Waals surface area (Å²) in [6.07, 6.45) is 1.49. The standard InChI is InChI=1S/C14H18FNO2/c15-13-9-12(14(17)3-4-14)2-1-11(13)10-16-5-7-18-8-6-16/h1-2,9,17H,3-8,10H2. The van der Waals surface area contributed by atoms with E-state index in [9.17, 15) is 9.50 Å². The minimum absolute atomic E-state index is 0.209. The fourth-order valence-corrected chi connectivity index (χ4v) is 2.37. The Morgan fingerprint density at radius 3 is 2.61 bits per heavy atom. The molecule has 1 aliphatic carbocycles. The lowest BCUT2D eigenvalue weighted by Gasteiger charge is -2.26. The number of hydrogen-bond donors (Lipinski definition) is 1. The van der Waals surface area contributed by atoms with E-state index in [1.807, 2.05) is 6.07 Å². The van der Waals surface area contributed by atoms with Crippen molar-refractivity contribution in [3.05, 3.63) is 35.1 Å². The van der Waals surface area contributed by atoms with Gasteiger partial charge >= 0.3 is 0 Å². The van der Waals surface area contributed by atoms with Crippen molar-refractivity contribution < 1.29 is 14.2 Å². The molecule has 2 fully saturated rings. The molecule has 4 heteroatoms. The van der Waals surface area contributed by atoms with E-state index >= 15 is 0 Å². The summed E-state index contributed by atoms with van der Waals surface area (Å²) in [6, 6.07) is 5.14. The fraction of sp³-hybridized carbons (Fsp3) is 0.571. The van der Waals surface area contributed by atoms with Gasteiger partial charge in [-0.05, 0) is 24.5 Å². The first-order chi connectivity index (χ1) is 8.67. The third kappa shape index (κ3) is 2.41. The van der Waals surface area contributed by atoms with Gasteiger partial charge in [-0.3, -0.25) is 4.90 Å². The fourth-order valence-electron chi connectivity index (χ4n) is 2.37. The molecule has 18 heavy (non-hydrogen) atoms. The Hall–Kier alpha value is -0.970. The SMILES string of the molecule is OC1(c2ccc(CN3CCOCC3)c(F)c2)CC1. The summed E-state index contributed by atoms with van der Waals surface area (Å²) in [5.74, 6) is -0.209. The van der Waals surface area contributed by atoms with Gasteiger partial charge in [0.05, 0.1) is 18.8 Å². The van der Waals surface area contributed by atoms with Crippen LogP contribution in [-0.4, -0.2) is 36.3 Å². The van der Waals surface area contributed by atoms with Gasteiger partial charge in [-0.25, -0.2) is 4.39 Å². The van der Waals surface area contributed by atoms with Crippen LogP contribution in [0, 0.1) is 5.82 Å². The number of nitrogens with zero attached hydrogens (tertiary/aromatic N) is 1. The van der Waals surface area contributed by atoms with Crippen molar-refractivity contribution in [2.24, 2.45) is 0 Å². The molecule has 3 rings (SSSR count). The number of aliphatic hydroxyl groups is 1. The molecule has 2 aliphatic rings. The molecular formula is C14H18FNO2. The summed E-state index contributed by atoms with van der Waals surface area (Å²) in [6.45, 7) is 3.77. The highest BCUT2D eigenvalue weighted by atomic mass is 19.1. The van der Waals surface area contributed by atoms with Gasteiger partial charge in [-0.1, -0.05) is 12.1 Å². The summed E-state index contributed by atoms with van der Waals surface area (Å²) in [7, 11) is 0. The zero-order chi connectivity index (χ0) is 12.6. The van der Waals surface area contributed by atoms with Crippen LogP contribution in [0.5, 0.6) is 0 Å². The van der Waals surface area contributed by atoms with E-state index < -0.39 is 5.60 Å². The molecule has 1 aromatic carbocycles. The first kappa shape index (κ1) is 12.1. The van der Waals surface area contributed by atoms with Crippen LogP contribution in [0.2, 0.25) is 0 Å². The highest BCUT2D eigenvalue weighted by Gasteiger charge is 2.42. The van der Waals surface area contributed by atoms with Gasteiger partial charge in [-0.15, -0.1) is 0 Å². The quantitative estimate of drug-likeness (QED) is 0.886. The molecule has 1 aliphatic heterocycles. The molecule has 1 aromatic rings.